The van der Waals surface area contributed by atoms with Gasteiger partial charge in [0.2, 0.25) is 5.91 Å². The fourth-order valence-electron chi connectivity index (χ4n) is 2.73. The van der Waals surface area contributed by atoms with Gasteiger partial charge in [-0.15, -0.1) is 0 Å². The van der Waals surface area contributed by atoms with Crippen LogP contribution in [0.4, 0.5) is 0 Å². The molecule has 0 saturated carbocycles. The SMILES string of the molecule is NCCCN1CCN(CCCNC(=O)CCCCC(=O)O)CC1. The van der Waals surface area contributed by atoms with Crippen LogP contribution in [0.2, 0.25) is 0 Å². The topological polar surface area (TPSA) is 98.9 Å². The Balaban J connectivity index is 1.95. The van der Waals surface area contributed by atoms with E-state index in [9.17, 15) is 9.59 Å². The minimum Gasteiger partial charge on any atom is -0.481 e. The number of amides is 1. The number of carboxylic acids is 1. The van der Waals surface area contributed by atoms with E-state index in [0.717, 1.165) is 58.7 Å². The van der Waals surface area contributed by atoms with Crippen LogP contribution >= 0.6 is 0 Å². The zero-order chi connectivity index (χ0) is 16.9. The van der Waals surface area contributed by atoms with Gasteiger partial charge in [0.1, 0.15) is 0 Å². The molecule has 0 aliphatic carbocycles. The van der Waals surface area contributed by atoms with Crippen molar-refractivity contribution in [3.63, 3.8) is 0 Å². The van der Waals surface area contributed by atoms with E-state index in [1.165, 1.54) is 0 Å². The molecule has 0 atom stereocenters. The number of hydrogen-bond acceptors (Lipinski definition) is 5. The van der Waals surface area contributed by atoms with Crippen LogP contribution in [0.1, 0.15) is 38.5 Å². The molecule has 1 heterocycles. The first-order valence-electron chi connectivity index (χ1n) is 8.75. The van der Waals surface area contributed by atoms with Crippen molar-refractivity contribution in [3.8, 4) is 0 Å². The molecule has 0 aromatic rings. The summed E-state index contributed by atoms with van der Waals surface area (Å²) >= 11 is 0. The van der Waals surface area contributed by atoms with Crippen LogP contribution in [0.5, 0.6) is 0 Å². The predicted octanol–water partition coefficient (Wildman–Crippen LogP) is 0.104. The first kappa shape index (κ1) is 19.9. The molecule has 1 saturated heterocycles. The summed E-state index contributed by atoms with van der Waals surface area (Å²) in [5.74, 6) is -0.768. The highest BCUT2D eigenvalue weighted by Crippen LogP contribution is 2.03. The molecule has 0 aromatic heterocycles. The average Bonchev–Trinajstić information content (AvgIpc) is 2.54. The molecule has 0 radical (unpaired) electrons. The van der Waals surface area contributed by atoms with E-state index in [2.05, 4.69) is 15.1 Å². The number of hydrogen-bond donors (Lipinski definition) is 3. The molecule has 7 nitrogen and oxygen atoms in total. The first-order chi connectivity index (χ1) is 11.1. The maximum absolute atomic E-state index is 11.6. The van der Waals surface area contributed by atoms with Gasteiger partial charge in [0.25, 0.3) is 0 Å². The first-order valence-corrected chi connectivity index (χ1v) is 8.75. The van der Waals surface area contributed by atoms with Crippen molar-refractivity contribution in [1.82, 2.24) is 15.1 Å². The van der Waals surface area contributed by atoms with Crippen molar-refractivity contribution in [2.45, 2.75) is 38.5 Å². The second-order valence-corrected chi connectivity index (χ2v) is 6.13. The third kappa shape index (κ3) is 10.3. The lowest BCUT2D eigenvalue weighted by Gasteiger charge is -2.34. The molecule has 4 N–H and O–H groups in total. The summed E-state index contributed by atoms with van der Waals surface area (Å²) in [5.41, 5.74) is 5.53. The summed E-state index contributed by atoms with van der Waals surface area (Å²) in [4.78, 5) is 26.9. The van der Waals surface area contributed by atoms with Crippen LogP contribution in [0.3, 0.4) is 0 Å². The Bertz CT molecular complexity index is 344. The molecule has 23 heavy (non-hydrogen) atoms. The third-order valence-corrected chi connectivity index (χ3v) is 4.16. The Hall–Kier alpha value is -1.18. The minimum atomic E-state index is -0.798. The normalized spacial score (nSPS) is 16.4. The van der Waals surface area contributed by atoms with E-state index in [0.29, 0.717) is 25.8 Å². The Kier molecular flexibility index (Phi) is 10.6. The molecule has 1 aliphatic heterocycles. The summed E-state index contributed by atoms with van der Waals surface area (Å²) < 4.78 is 0. The van der Waals surface area contributed by atoms with Crippen molar-refractivity contribution >= 4 is 11.9 Å². The van der Waals surface area contributed by atoms with Crippen LogP contribution in [0, 0.1) is 0 Å². The molecule has 1 aliphatic rings. The molecule has 0 aromatic carbocycles. The van der Waals surface area contributed by atoms with Crippen LogP contribution in [-0.4, -0.2) is 79.1 Å². The highest BCUT2D eigenvalue weighted by Gasteiger charge is 2.15. The van der Waals surface area contributed by atoms with E-state index >= 15 is 0 Å². The van der Waals surface area contributed by atoms with E-state index in [1.807, 2.05) is 0 Å². The number of rotatable bonds is 12. The fourth-order valence-corrected chi connectivity index (χ4v) is 2.73. The number of nitrogens with zero attached hydrogens (tertiary/aromatic N) is 2. The number of carbonyl (C=O) groups excluding carboxylic acids is 1. The summed E-state index contributed by atoms with van der Waals surface area (Å²) in [7, 11) is 0. The Morgan fingerprint density at radius 3 is 2.04 bits per heavy atom. The minimum absolute atomic E-state index is 0.0296. The van der Waals surface area contributed by atoms with E-state index < -0.39 is 5.97 Å². The maximum atomic E-state index is 11.6. The van der Waals surface area contributed by atoms with Gasteiger partial charge in [-0.25, -0.2) is 0 Å². The van der Waals surface area contributed by atoms with Crippen molar-refractivity contribution in [3.05, 3.63) is 0 Å². The molecule has 1 amide bonds. The number of unbranched alkanes of at least 4 members (excludes halogenated alkanes) is 1. The van der Waals surface area contributed by atoms with Gasteiger partial charge in [0.05, 0.1) is 0 Å². The second-order valence-electron chi connectivity index (χ2n) is 6.13. The quantitative estimate of drug-likeness (QED) is 0.440. The van der Waals surface area contributed by atoms with E-state index in [1.54, 1.807) is 0 Å². The summed E-state index contributed by atoms with van der Waals surface area (Å²) in [6.07, 6.45) is 3.81. The molecule has 1 rings (SSSR count). The fraction of sp³-hybridized carbons (Fsp3) is 0.875. The molecule has 0 bridgehead atoms. The van der Waals surface area contributed by atoms with Crippen molar-refractivity contribution in [2.24, 2.45) is 5.73 Å². The second kappa shape index (κ2) is 12.3. The Morgan fingerprint density at radius 1 is 0.913 bits per heavy atom. The number of nitrogens with one attached hydrogen (secondary N) is 1. The summed E-state index contributed by atoms with van der Waals surface area (Å²) in [6.45, 7) is 7.97. The molecule has 0 spiro atoms. The zero-order valence-electron chi connectivity index (χ0n) is 14.1. The Labute approximate surface area is 139 Å². The zero-order valence-corrected chi connectivity index (χ0v) is 14.1. The number of piperazine rings is 1. The molecule has 0 unspecified atom stereocenters. The van der Waals surface area contributed by atoms with Crippen molar-refractivity contribution in [2.75, 3.05) is 52.4 Å². The highest BCUT2D eigenvalue weighted by atomic mass is 16.4. The van der Waals surface area contributed by atoms with Crippen molar-refractivity contribution in [1.29, 1.82) is 0 Å². The van der Waals surface area contributed by atoms with Crippen molar-refractivity contribution < 1.29 is 14.7 Å². The summed E-state index contributed by atoms with van der Waals surface area (Å²) in [5, 5.41) is 11.4. The van der Waals surface area contributed by atoms with Gasteiger partial charge in [-0.05, 0) is 45.3 Å². The largest absolute Gasteiger partial charge is 0.481 e. The lowest BCUT2D eigenvalue weighted by molar-refractivity contribution is -0.137. The van der Waals surface area contributed by atoms with Crippen LogP contribution in [-0.2, 0) is 9.59 Å². The van der Waals surface area contributed by atoms with E-state index in [-0.39, 0.29) is 12.3 Å². The number of nitrogens with two attached hydrogens (primary N) is 1. The molecule has 134 valence electrons. The molecule has 1 fully saturated rings. The van der Waals surface area contributed by atoms with Gasteiger partial charge in [-0.1, -0.05) is 0 Å². The average molecular weight is 328 g/mol. The van der Waals surface area contributed by atoms with Crippen LogP contribution < -0.4 is 11.1 Å². The molecule has 7 heteroatoms. The van der Waals surface area contributed by atoms with Gasteiger partial charge in [-0.2, -0.15) is 0 Å². The van der Waals surface area contributed by atoms with E-state index in [4.69, 9.17) is 10.8 Å². The van der Waals surface area contributed by atoms with Gasteiger partial charge in [-0.3, -0.25) is 9.59 Å². The third-order valence-electron chi connectivity index (χ3n) is 4.16. The molecular formula is C16H32N4O3. The van der Waals surface area contributed by atoms with Crippen LogP contribution in [0.15, 0.2) is 0 Å². The number of carboxylic acid groups (broad SMARTS) is 1. The standard InChI is InChI=1S/C16H32N4O3/c17-7-3-9-19-11-13-20(14-12-19)10-4-8-18-15(21)5-1-2-6-16(22)23/h1-14,17H2,(H,18,21)(H,22,23). The number of aliphatic carboxylic acids is 1. The highest BCUT2D eigenvalue weighted by molar-refractivity contribution is 5.75. The smallest absolute Gasteiger partial charge is 0.303 e. The lowest BCUT2D eigenvalue weighted by atomic mass is 10.2. The predicted molar refractivity (Wildman–Crippen MR) is 90.3 cm³/mol. The molecular weight excluding hydrogens is 296 g/mol. The van der Waals surface area contributed by atoms with Gasteiger partial charge < -0.3 is 26.0 Å². The lowest BCUT2D eigenvalue weighted by Crippen LogP contribution is -2.47. The van der Waals surface area contributed by atoms with Gasteiger partial charge in [0, 0.05) is 45.6 Å². The summed E-state index contributed by atoms with van der Waals surface area (Å²) in [6, 6.07) is 0. The van der Waals surface area contributed by atoms with Gasteiger partial charge >= 0.3 is 5.97 Å². The monoisotopic (exact) mass is 328 g/mol. The van der Waals surface area contributed by atoms with Crippen LogP contribution in [0.25, 0.3) is 0 Å². The van der Waals surface area contributed by atoms with Gasteiger partial charge in [0.15, 0.2) is 0 Å². The Morgan fingerprint density at radius 2 is 1.48 bits per heavy atom. The maximum Gasteiger partial charge on any atom is 0.303 e. The number of carbonyl (C=O) groups is 2.